The Kier molecular flexibility index (Phi) is 4.99. The predicted molar refractivity (Wildman–Crippen MR) is 79.2 cm³/mol. The van der Waals surface area contributed by atoms with Crippen LogP contribution in [0.4, 0.5) is 0 Å². The fourth-order valence-corrected chi connectivity index (χ4v) is 2.14. The van der Waals surface area contributed by atoms with Crippen molar-refractivity contribution in [2.24, 2.45) is 0 Å². The van der Waals surface area contributed by atoms with Crippen molar-refractivity contribution in [1.29, 1.82) is 0 Å². The summed E-state index contributed by atoms with van der Waals surface area (Å²) in [5.74, 6) is 0.334. The maximum Gasteiger partial charge on any atom is 0.115 e. The lowest BCUT2D eigenvalue weighted by Crippen LogP contribution is -2.25. The molecule has 0 heterocycles. The molecular weight excluding hydrogens is 234 g/mol. The molecule has 0 amide bonds. The van der Waals surface area contributed by atoms with Gasteiger partial charge in [-0.3, -0.25) is 4.90 Å². The largest absolute Gasteiger partial charge is 0.508 e. The quantitative estimate of drug-likeness (QED) is 0.854. The molecule has 0 aromatic heterocycles. The van der Waals surface area contributed by atoms with Gasteiger partial charge in [-0.1, -0.05) is 49.4 Å². The Morgan fingerprint density at radius 1 is 0.895 bits per heavy atom. The van der Waals surface area contributed by atoms with Crippen molar-refractivity contribution < 1.29 is 5.11 Å². The Morgan fingerprint density at radius 2 is 1.58 bits per heavy atom. The lowest BCUT2D eigenvalue weighted by atomic mass is 10.1. The van der Waals surface area contributed by atoms with Gasteiger partial charge in [-0.05, 0) is 36.2 Å². The molecular formula is C17H21NO. The van der Waals surface area contributed by atoms with Crippen LogP contribution in [0.3, 0.4) is 0 Å². The summed E-state index contributed by atoms with van der Waals surface area (Å²) < 4.78 is 0. The van der Waals surface area contributed by atoms with E-state index in [9.17, 15) is 5.11 Å². The molecule has 0 aliphatic heterocycles. The van der Waals surface area contributed by atoms with E-state index in [-0.39, 0.29) is 0 Å². The summed E-state index contributed by atoms with van der Waals surface area (Å²) in [4.78, 5) is 2.43. The normalized spacial score (nSPS) is 10.8. The fourth-order valence-electron chi connectivity index (χ4n) is 2.14. The molecule has 0 radical (unpaired) electrons. The average molecular weight is 255 g/mol. The molecule has 19 heavy (non-hydrogen) atoms. The minimum absolute atomic E-state index is 0.334. The first-order valence-corrected chi connectivity index (χ1v) is 6.82. The summed E-state index contributed by atoms with van der Waals surface area (Å²) in [6.45, 7) is 5.28. The molecule has 0 saturated carbocycles. The highest BCUT2D eigenvalue weighted by Gasteiger charge is 2.04. The Bertz CT molecular complexity index is 478. The zero-order chi connectivity index (χ0) is 13.5. The summed E-state index contributed by atoms with van der Waals surface area (Å²) in [6.07, 6.45) is 1.01. The monoisotopic (exact) mass is 255 g/mol. The van der Waals surface area contributed by atoms with Crippen LogP contribution in [0.2, 0.25) is 0 Å². The highest BCUT2D eigenvalue weighted by molar-refractivity contribution is 5.26. The summed E-state index contributed by atoms with van der Waals surface area (Å²) in [6, 6.07) is 18.1. The van der Waals surface area contributed by atoms with Crippen molar-refractivity contribution in [3.63, 3.8) is 0 Å². The number of rotatable bonds is 6. The maximum absolute atomic E-state index is 9.26. The summed E-state index contributed by atoms with van der Waals surface area (Å²) in [5, 5.41) is 9.26. The van der Waals surface area contributed by atoms with Gasteiger partial charge in [0.25, 0.3) is 0 Å². The van der Waals surface area contributed by atoms with E-state index >= 15 is 0 Å². The number of hydrogen-bond acceptors (Lipinski definition) is 2. The van der Waals surface area contributed by atoms with Gasteiger partial charge in [-0.15, -0.1) is 0 Å². The molecule has 2 aromatic rings. The number of likely N-dealkylation sites (N-methyl/N-ethyl adjacent to an activating group) is 1. The smallest absolute Gasteiger partial charge is 0.115 e. The summed E-state index contributed by atoms with van der Waals surface area (Å²) in [5.41, 5.74) is 2.62. The second-order valence-electron chi connectivity index (χ2n) is 4.77. The van der Waals surface area contributed by atoms with Gasteiger partial charge in [0.1, 0.15) is 5.75 Å². The first kappa shape index (κ1) is 13.6. The first-order valence-electron chi connectivity index (χ1n) is 6.82. The highest BCUT2D eigenvalue weighted by atomic mass is 16.3. The maximum atomic E-state index is 9.26. The van der Waals surface area contributed by atoms with Crippen LogP contribution < -0.4 is 0 Å². The third-order valence-corrected chi connectivity index (χ3v) is 3.35. The van der Waals surface area contributed by atoms with Crippen molar-refractivity contribution in [2.45, 2.75) is 19.9 Å². The van der Waals surface area contributed by atoms with Gasteiger partial charge < -0.3 is 5.11 Å². The Hall–Kier alpha value is -1.80. The summed E-state index contributed by atoms with van der Waals surface area (Å²) in [7, 11) is 0. The second-order valence-corrected chi connectivity index (χ2v) is 4.77. The SMILES string of the molecule is CCN(CCc1ccc(O)cc1)Cc1ccccc1. The molecule has 0 saturated heterocycles. The summed E-state index contributed by atoms with van der Waals surface area (Å²) >= 11 is 0. The zero-order valence-corrected chi connectivity index (χ0v) is 11.4. The Morgan fingerprint density at radius 3 is 2.21 bits per heavy atom. The van der Waals surface area contributed by atoms with Crippen LogP contribution >= 0.6 is 0 Å². The van der Waals surface area contributed by atoms with E-state index < -0.39 is 0 Å². The van der Waals surface area contributed by atoms with E-state index in [0.717, 1.165) is 26.1 Å². The van der Waals surface area contributed by atoms with Crippen LogP contribution in [0.1, 0.15) is 18.1 Å². The highest BCUT2D eigenvalue weighted by Crippen LogP contribution is 2.11. The van der Waals surface area contributed by atoms with Crippen LogP contribution in [-0.2, 0) is 13.0 Å². The number of hydrogen-bond donors (Lipinski definition) is 1. The van der Waals surface area contributed by atoms with Gasteiger partial charge in [-0.2, -0.15) is 0 Å². The number of phenolic OH excluding ortho intramolecular Hbond substituents is 1. The van der Waals surface area contributed by atoms with Crippen molar-refractivity contribution in [2.75, 3.05) is 13.1 Å². The van der Waals surface area contributed by atoms with E-state index in [2.05, 4.69) is 42.2 Å². The molecule has 1 N–H and O–H groups in total. The molecule has 0 aliphatic rings. The van der Waals surface area contributed by atoms with Crippen molar-refractivity contribution in [1.82, 2.24) is 4.90 Å². The lowest BCUT2D eigenvalue weighted by Gasteiger charge is -2.20. The third-order valence-electron chi connectivity index (χ3n) is 3.35. The molecule has 100 valence electrons. The van der Waals surface area contributed by atoms with E-state index in [0.29, 0.717) is 5.75 Å². The topological polar surface area (TPSA) is 23.5 Å². The van der Waals surface area contributed by atoms with Gasteiger partial charge in [-0.25, -0.2) is 0 Å². The van der Waals surface area contributed by atoms with E-state index in [1.165, 1.54) is 11.1 Å². The number of nitrogens with zero attached hydrogens (tertiary/aromatic N) is 1. The number of benzene rings is 2. The zero-order valence-electron chi connectivity index (χ0n) is 11.4. The molecule has 2 heteroatoms. The molecule has 0 spiro atoms. The van der Waals surface area contributed by atoms with Crippen LogP contribution in [0.25, 0.3) is 0 Å². The van der Waals surface area contributed by atoms with E-state index in [4.69, 9.17) is 0 Å². The minimum Gasteiger partial charge on any atom is -0.508 e. The molecule has 0 fully saturated rings. The Balaban J connectivity index is 1.87. The molecule has 0 aliphatic carbocycles. The number of phenols is 1. The van der Waals surface area contributed by atoms with Crippen LogP contribution in [-0.4, -0.2) is 23.1 Å². The van der Waals surface area contributed by atoms with Gasteiger partial charge in [0.2, 0.25) is 0 Å². The van der Waals surface area contributed by atoms with Gasteiger partial charge in [0, 0.05) is 13.1 Å². The molecule has 2 rings (SSSR count). The lowest BCUT2D eigenvalue weighted by molar-refractivity contribution is 0.283. The molecule has 2 nitrogen and oxygen atoms in total. The standard InChI is InChI=1S/C17H21NO/c1-2-18(14-16-6-4-3-5-7-16)13-12-15-8-10-17(19)11-9-15/h3-11,19H,2,12-14H2,1H3. The molecule has 0 unspecified atom stereocenters. The molecule has 2 aromatic carbocycles. The van der Waals surface area contributed by atoms with Gasteiger partial charge in [0.05, 0.1) is 0 Å². The minimum atomic E-state index is 0.334. The van der Waals surface area contributed by atoms with Crippen molar-refractivity contribution >= 4 is 0 Å². The molecule has 0 atom stereocenters. The van der Waals surface area contributed by atoms with Crippen molar-refractivity contribution in [3.8, 4) is 5.75 Å². The predicted octanol–water partition coefficient (Wildman–Crippen LogP) is 3.46. The van der Waals surface area contributed by atoms with Crippen molar-refractivity contribution in [3.05, 3.63) is 65.7 Å². The van der Waals surface area contributed by atoms with Crippen LogP contribution in [0.15, 0.2) is 54.6 Å². The third kappa shape index (κ3) is 4.42. The van der Waals surface area contributed by atoms with Gasteiger partial charge >= 0.3 is 0 Å². The Labute approximate surface area is 115 Å². The van der Waals surface area contributed by atoms with E-state index in [1.807, 2.05) is 12.1 Å². The second kappa shape index (κ2) is 6.95. The van der Waals surface area contributed by atoms with Crippen LogP contribution in [0.5, 0.6) is 5.75 Å². The van der Waals surface area contributed by atoms with E-state index in [1.54, 1.807) is 12.1 Å². The van der Waals surface area contributed by atoms with Gasteiger partial charge in [0.15, 0.2) is 0 Å². The number of aromatic hydroxyl groups is 1. The average Bonchev–Trinajstić information content (AvgIpc) is 2.46. The first-order chi connectivity index (χ1) is 9.28. The fraction of sp³-hybridized carbons (Fsp3) is 0.294. The molecule has 0 bridgehead atoms. The van der Waals surface area contributed by atoms with Crippen LogP contribution in [0, 0.1) is 0 Å².